The fraction of sp³-hybridized carbons (Fsp3) is 0.211. The molecule has 2 aromatic carbocycles. The standard InChI is InChI=1S/C19H18FNO3/c20-15-7-5-14(6-8-15)19(13-3-4-13)21-18(24)10-2-12-1-9-16(22)17(23)11-12/h1-2,5-11,13,19,22-23H,3-4H2,(H,21,24)/b10-2+. The molecule has 3 N–H and O–H groups in total. The average Bonchev–Trinajstić information content (AvgIpc) is 3.39. The zero-order chi connectivity index (χ0) is 17.1. The third kappa shape index (κ3) is 3.93. The van der Waals surface area contributed by atoms with Gasteiger partial charge in [-0.3, -0.25) is 4.79 Å². The molecular weight excluding hydrogens is 309 g/mol. The Labute approximate surface area is 139 Å². The summed E-state index contributed by atoms with van der Waals surface area (Å²) in [5.41, 5.74) is 1.49. The van der Waals surface area contributed by atoms with E-state index in [1.165, 1.54) is 30.3 Å². The van der Waals surface area contributed by atoms with Crippen LogP contribution in [0.5, 0.6) is 11.5 Å². The van der Waals surface area contributed by atoms with Gasteiger partial charge in [0.1, 0.15) is 5.82 Å². The van der Waals surface area contributed by atoms with Crippen molar-refractivity contribution in [3.8, 4) is 11.5 Å². The zero-order valence-corrected chi connectivity index (χ0v) is 12.9. The van der Waals surface area contributed by atoms with Gasteiger partial charge in [0.2, 0.25) is 5.91 Å². The highest BCUT2D eigenvalue weighted by atomic mass is 19.1. The lowest BCUT2D eigenvalue weighted by molar-refractivity contribution is -0.117. The van der Waals surface area contributed by atoms with E-state index in [-0.39, 0.29) is 29.3 Å². The molecule has 0 radical (unpaired) electrons. The molecule has 0 heterocycles. The van der Waals surface area contributed by atoms with Gasteiger partial charge in [-0.25, -0.2) is 4.39 Å². The largest absolute Gasteiger partial charge is 0.504 e. The number of carbonyl (C=O) groups excluding carboxylic acids is 1. The molecule has 0 saturated heterocycles. The summed E-state index contributed by atoms with van der Waals surface area (Å²) >= 11 is 0. The second-order valence-electron chi connectivity index (χ2n) is 5.96. The van der Waals surface area contributed by atoms with Gasteiger partial charge < -0.3 is 15.5 Å². The van der Waals surface area contributed by atoms with E-state index in [2.05, 4.69) is 5.32 Å². The van der Waals surface area contributed by atoms with E-state index in [0.29, 0.717) is 11.5 Å². The molecule has 0 bridgehead atoms. The van der Waals surface area contributed by atoms with Crippen LogP contribution in [0.2, 0.25) is 0 Å². The molecule has 0 aliphatic heterocycles. The number of hydrogen-bond donors (Lipinski definition) is 3. The highest BCUT2D eigenvalue weighted by molar-refractivity contribution is 5.92. The summed E-state index contributed by atoms with van der Waals surface area (Å²) in [4.78, 5) is 12.2. The number of phenols is 2. The lowest BCUT2D eigenvalue weighted by Crippen LogP contribution is -2.28. The number of nitrogens with one attached hydrogen (secondary N) is 1. The van der Waals surface area contributed by atoms with E-state index in [9.17, 15) is 19.4 Å². The Morgan fingerprint density at radius 3 is 2.46 bits per heavy atom. The number of carbonyl (C=O) groups is 1. The van der Waals surface area contributed by atoms with Crippen LogP contribution in [0.15, 0.2) is 48.5 Å². The Morgan fingerprint density at radius 1 is 1.12 bits per heavy atom. The molecule has 1 aliphatic carbocycles. The molecule has 1 unspecified atom stereocenters. The first-order chi connectivity index (χ1) is 11.5. The summed E-state index contributed by atoms with van der Waals surface area (Å²) in [5.74, 6) is -0.623. The Balaban J connectivity index is 1.68. The normalized spacial score (nSPS) is 15.4. The minimum Gasteiger partial charge on any atom is -0.504 e. The summed E-state index contributed by atoms with van der Waals surface area (Å²) in [5, 5.41) is 21.7. The van der Waals surface area contributed by atoms with Crippen molar-refractivity contribution in [1.29, 1.82) is 0 Å². The minimum atomic E-state index is -0.299. The Kier molecular flexibility index (Phi) is 4.51. The van der Waals surface area contributed by atoms with Gasteiger partial charge in [-0.2, -0.15) is 0 Å². The molecule has 124 valence electrons. The number of halogens is 1. The lowest BCUT2D eigenvalue weighted by Gasteiger charge is -2.17. The second kappa shape index (κ2) is 6.74. The van der Waals surface area contributed by atoms with Crippen LogP contribution in [0, 0.1) is 11.7 Å². The fourth-order valence-corrected chi connectivity index (χ4v) is 2.59. The maximum Gasteiger partial charge on any atom is 0.244 e. The summed E-state index contributed by atoms with van der Waals surface area (Å²) < 4.78 is 13.1. The van der Waals surface area contributed by atoms with Crippen LogP contribution in [0.4, 0.5) is 4.39 Å². The van der Waals surface area contributed by atoms with Crippen LogP contribution in [0.3, 0.4) is 0 Å². The molecule has 1 aliphatic rings. The van der Waals surface area contributed by atoms with Gasteiger partial charge in [-0.05, 0) is 60.2 Å². The van der Waals surface area contributed by atoms with Crippen molar-refractivity contribution in [1.82, 2.24) is 5.32 Å². The molecule has 24 heavy (non-hydrogen) atoms. The number of phenolic OH excluding ortho intramolecular Hbond substituents is 2. The van der Waals surface area contributed by atoms with Gasteiger partial charge in [0.15, 0.2) is 11.5 Å². The van der Waals surface area contributed by atoms with Crippen molar-refractivity contribution in [2.75, 3.05) is 0 Å². The van der Waals surface area contributed by atoms with E-state index in [1.54, 1.807) is 24.3 Å². The van der Waals surface area contributed by atoms with Crippen molar-refractivity contribution >= 4 is 12.0 Å². The van der Waals surface area contributed by atoms with Gasteiger partial charge in [0.25, 0.3) is 0 Å². The zero-order valence-electron chi connectivity index (χ0n) is 12.9. The topological polar surface area (TPSA) is 69.6 Å². The molecule has 2 aromatic rings. The molecule has 1 amide bonds. The van der Waals surface area contributed by atoms with Gasteiger partial charge in [-0.15, -0.1) is 0 Å². The van der Waals surface area contributed by atoms with Crippen LogP contribution in [-0.2, 0) is 4.79 Å². The predicted molar refractivity (Wildman–Crippen MR) is 88.8 cm³/mol. The maximum absolute atomic E-state index is 13.1. The number of benzene rings is 2. The number of rotatable bonds is 5. The fourth-order valence-electron chi connectivity index (χ4n) is 2.59. The van der Waals surface area contributed by atoms with Crippen LogP contribution in [0.1, 0.15) is 30.0 Å². The van der Waals surface area contributed by atoms with Crippen LogP contribution < -0.4 is 5.32 Å². The second-order valence-corrected chi connectivity index (χ2v) is 5.96. The third-order valence-electron chi connectivity index (χ3n) is 4.05. The van der Waals surface area contributed by atoms with E-state index >= 15 is 0 Å². The predicted octanol–water partition coefficient (Wildman–Crippen LogP) is 3.52. The molecular formula is C19H18FNO3. The number of amides is 1. The molecule has 4 nitrogen and oxygen atoms in total. The van der Waals surface area contributed by atoms with Crippen LogP contribution in [0.25, 0.3) is 6.08 Å². The smallest absolute Gasteiger partial charge is 0.244 e. The Bertz CT molecular complexity index is 767. The average molecular weight is 327 g/mol. The van der Waals surface area contributed by atoms with Crippen molar-refractivity contribution in [3.63, 3.8) is 0 Å². The Hall–Kier alpha value is -2.82. The van der Waals surface area contributed by atoms with Crippen molar-refractivity contribution < 1.29 is 19.4 Å². The molecule has 1 saturated carbocycles. The summed E-state index contributed by atoms with van der Waals surface area (Å²) in [6.45, 7) is 0. The van der Waals surface area contributed by atoms with Crippen molar-refractivity contribution in [2.24, 2.45) is 5.92 Å². The van der Waals surface area contributed by atoms with Gasteiger partial charge >= 0.3 is 0 Å². The minimum absolute atomic E-state index is 0.129. The maximum atomic E-state index is 13.1. The van der Waals surface area contributed by atoms with Gasteiger partial charge in [0, 0.05) is 6.08 Å². The van der Waals surface area contributed by atoms with Gasteiger partial charge in [-0.1, -0.05) is 18.2 Å². The van der Waals surface area contributed by atoms with Crippen LogP contribution >= 0.6 is 0 Å². The SMILES string of the molecule is O=C(/C=C/c1ccc(O)c(O)c1)NC(c1ccc(F)cc1)C1CC1. The van der Waals surface area contributed by atoms with Crippen molar-refractivity contribution in [2.45, 2.75) is 18.9 Å². The molecule has 1 fully saturated rings. The first-order valence-corrected chi connectivity index (χ1v) is 7.79. The molecule has 3 rings (SSSR count). The number of aromatic hydroxyl groups is 2. The highest BCUT2D eigenvalue weighted by Crippen LogP contribution is 2.41. The quantitative estimate of drug-likeness (QED) is 0.581. The van der Waals surface area contributed by atoms with E-state index in [0.717, 1.165) is 18.4 Å². The molecule has 5 heteroatoms. The van der Waals surface area contributed by atoms with E-state index < -0.39 is 0 Å². The lowest BCUT2D eigenvalue weighted by atomic mass is 10.0. The summed E-state index contributed by atoms with van der Waals surface area (Å²) in [6, 6.07) is 10.4. The highest BCUT2D eigenvalue weighted by Gasteiger charge is 2.33. The third-order valence-corrected chi connectivity index (χ3v) is 4.05. The molecule has 1 atom stereocenters. The van der Waals surface area contributed by atoms with Gasteiger partial charge in [0.05, 0.1) is 6.04 Å². The molecule has 0 aromatic heterocycles. The Morgan fingerprint density at radius 2 is 1.83 bits per heavy atom. The number of hydrogen-bond acceptors (Lipinski definition) is 3. The monoisotopic (exact) mass is 327 g/mol. The van der Waals surface area contributed by atoms with Crippen molar-refractivity contribution in [3.05, 3.63) is 65.5 Å². The molecule has 0 spiro atoms. The van der Waals surface area contributed by atoms with E-state index in [1.807, 2.05) is 0 Å². The first kappa shape index (κ1) is 16.1. The van der Waals surface area contributed by atoms with Crippen LogP contribution in [-0.4, -0.2) is 16.1 Å². The first-order valence-electron chi connectivity index (χ1n) is 7.79. The summed E-state index contributed by atoms with van der Waals surface area (Å²) in [6.07, 6.45) is 5.02. The summed E-state index contributed by atoms with van der Waals surface area (Å²) in [7, 11) is 0. The van der Waals surface area contributed by atoms with E-state index in [4.69, 9.17) is 0 Å².